The van der Waals surface area contributed by atoms with Crippen molar-refractivity contribution in [3.63, 3.8) is 0 Å². The van der Waals surface area contributed by atoms with E-state index in [1.165, 1.54) is 11.8 Å². The van der Waals surface area contributed by atoms with Crippen molar-refractivity contribution in [2.45, 2.75) is 83.5 Å². The molecule has 0 aliphatic carbocycles. The molecular weight excluding hydrogens is 488 g/mol. The number of ether oxygens (including phenoxy) is 1. The molecule has 2 fully saturated rings. The van der Waals surface area contributed by atoms with Crippen LogP contribution in [0.3, 0.4) is 0 Å². The highest BCUT2D eigenvalue weighted by atomic mass is 16.6. The van der Waals surface area contributed by atoms with E-state index in [2.05, 4.69) is 16.0 Å². The molecule has 2 heterocycles. The van der Waals surface area contributed by atoms with E-state index in [1.807, 2.05) is 44.2 Å². The Labute approximate surface area is 224 Å². The minimum atomic E-state index is -1.17. The molecule has 0 aromatic heterocycles. The summed E-state index contributed by atoms with van der Waals surface area (Å²) in [5, 5.41) is 8.24. The van der Waals surface area contributed by atoms with E-state index < -0.39 is 35.0 Å². The van der Waals surface area contributed by atoms with E-state index in [-0.39, 0.29) is 36.5 Å². The molecule has 0 spiro atoms. The van der Waals surface area contributed by atoms with Crippen molar-refractivity contribution in [1.29, 1.82) is 0 Å². The minimum Gasteiger partial charge on any atom is -0.361 e. The molecule has 1 aromatic rings. The van der Waals surface area contributed by atoms with Crippen molar-refractivity contribution in [1.82, 2.24) is 20.9 Å². The fourth-order valence-corrected chi connectivity index (χ4v) is 4.86. The zero-order valence-electron chi connectivity index (χ0n) is 23.0. The number of Topliss-reactive ketones (excluding diaryl/α,β-unsaturated/α-hetero) is 1. The lowest BCUT2D eigenvalue weighted by Gasteiger charge is -2.35. The summed E-state index contributed by atoms with van der Waals surface area (Å²) in [7, 11) is 0. The number of carbonyl (C=O) groups is 5. The lowest BCUT2D eigenvalue weighted by Crippen LogP contribution is -2.61. The quantitative estimate of drug-likeness (QED) is 0.348. The van der Waals surface area contributed by atoms with Crippen LogP contribution in [0.25, 0.3) is 0 Å². The molecule has 0 unspecified atom stereocenters. The first-order chi connectivity index (χ1) is 17.9. The Morgan fingerprint density at radius 3 is 2.26 bits per heavy atom. The van der Waals surface area contributed by atoms with Gasteiger partial charge in [0.15, 0.2) is 5.78 Å². The Hall–Kier alpha value is -3.27. The molecule has 0 bridgehead atoms. The highest BCUT2D eigenvalue weighted by Crippen LogP contribution is 2.31. The summed E-state index contributed by atoms with van der Waals surface area (Å²) in [6.45, 7) is 9.15. The van der Waals surface area contributed by atoms with Crippen LogP contribution in [-0.2, 0) is 35.1 Å². The maximum Gasteiger partial charge on any atom is 0.246 e. The van der Waals surface area contributed by atoms with Crippen LogP contribution in [-0.4, -0.2) is 77.2 Å². The van der Waals surface area contributed by atoms with Crippen LogP contribution < -0.4 is 16.0 Å². The fourth-order valence-electron chi connectivity index (χ4n) is 4.86. The maximum absolute atomic E-state index is 13.6. The van der Waals surface area contributed by atoms with Crippen LogP contribution in [0.4, 0.5) is 0 Å². The summed E-state index contributed by atoms with van der Waals surface area (Å²) >= 11 is 0. The molecule has 10 nitrogen and oxygen atoms in total. The summed E-state index contributed by atoms with van der Waals surface area (Å²) in [5.74, 6) is -1.65. The van der Waals surface area contributed by atoms with Gasteiger partial charge in [0.1, 0.15) is 17.2 Å². The Kier molecular flexibility index (Phi) is 9.30. The highest BCUT2D eigenvalue weighted by molar-refractivity contribution is 5.99. The van der Waals surface area contributed by atoms with Crippen LogP contribution >= 0.6 is 0 Å². The van der Waals surface area contributed by atoms with Gasteiger partial charge in [-0.05, 0) is 44.6 Å². The van der Waals surface area contributed by atoms with E-state index in [4.69, 9.17) is 4.74 Å². The van der Waals surface area contributed by atoms with E-state index in [9.17, 15) is 24.0 Å². The monoisotopic (exact) mass is 528 g/mol. The molecule has 2 aliphatic rings. The van der Waals surface area contributed by atoms with Crippen molar-refractivity contribution >= 4 is 29.4 Å². The molecule has 10 heteroatoms. The van der Waals surface area contributed by atoms with E-state index >= 15 is 0 Å². The molecule has 4 atom stereocenters. The molecule has 3 N–H and O–H groups in total. The number of amides is 4. The van der Waals surface area contributed by atoms with Gasteiger partial charge in [0.05, 0.1) is 19.2 Å². The lowest BCUT2D eigenvalue weighted by atomic mass is 9.92. The van der Waals surface area contributed by atoms with Gasteiger partial charge in [0.25, 0.3) is 0 Å². The van der Waals surface area contributed by atoms with Gasteiger partial charge in [-0.2, -0.15) is 0 Å². The molecule has 0 saturated carbocycles. The molecule has 1 aromatic carbocycles. The zero-order valence-corrected chi connectivity index (χ0v) is 23.0. The maximum atomic E-state index is 13.6. The molecule has 0 radical (unpaired) electrons. The number of nitrogens with zero attached hydrogens (tertiary/aromatic N) is 1. The SMILES string of the molecule is CC(=O)NCC(=O)N1CCC[C@@]1(C)C(=O)N[C@@H](Cc1ccccc1)C(=O)N[C@@H](CC(C)C)C(=O)[C@@]1(C)CO1. The van der Waals surface area contributed by atoms with Gasteiger partial charge in [0.2, 0.25) is 23.6 Å². The van der Waals surface area contributed by atoms with Gasteiger partial charge in [-0.3, -0.25) is 24.0 Å². The number of rotatable bonds is 12. The lowest BCUT2D eigenvalue weighted by molar-refractivity contribution is -0.145. The summed E-state index contributed by atoms with van der Waals surface area (Å²) < 4.78 is 5.34. The average molecular weight is 529 g/mol. The van der Waals surface area contributed by atoms with Crippen LogP contribution in [0.5, 0.6) is 0 Å². The number of benzene rings is 1. The van der Waals surface area contributed by atoms with Gasteiger partial charge in [0, 0.05) is 19.9 Å². The second-order valence-corrected chi connectivity index (χ2v) is 11.1. The van der Waals surface area contributed by atoms with Gasteiger partial charge >= 0.3 is 0 Å². The normalized spacial score (nSPS) is 23.9. The number of ketones is 1. The number of hydrogen-bond donors (Lipinski definition) is 3. The second-order valence-electron chi connectivity index (χ2n) is 11.1. The fraction of sp³-hybridized carbons (Fsp3) is 0.607. The summed E-state index contributed by atoms with van der Waals surface area (Å²) in [5.41, 5.74) is -1.22. The third-order valence-electron chi connectivity index (χ3n) is 7.26. The van der Waals surface area contributed by atoms with Gasteiger partial charge in [-0.15, -0.1) is 0 Å². The molecular formula is C28H40N4O6. The predicted molar refractivity (Wildman–Crippen MR) is 141 cm³/mol. The van der Waals surface area contributed by atoms with Crippen molar-refractivity contribution in [3.8, 4) is 0 Å². The number of likely N-dealkylation sites (tertiary alicyclic amines) is 1. The first kappa shape index (κ1) is 29.3. The number of carbonyl (C=O) groups excluding carboxylic acids is 5. The Morgan fingerprint density at radius 2 is 1.68 bits per heavy atom. The topological polar surface area (TPSA) is 137 Å². The zero-order chi connectivity index (χ0) is 28.1. The average Bonchev–Trinajstić information content (AvgIpc) is 3.49. The summed E-state index contributed by atoms with van der Waals surface area (Å²) in [6, 6.07) is 7.58. The third-order valence-corrected chi connectivity index (χ3v) is 7.26. The standard InChI is InChI=1S/C28H40N4O6/c1-18(2)14-21(24(35)28(5)17-38-28)30-25(36)22(15-20-10-7-6-8-11-20)31-26(37)27(4)12-9-13-32(27)23(34)16-29-19(3)33/h6-8,10-11,18,21-22H,9,12-17H2,1-5H3,(H,29,33)(H,30,36)(H,31,37)/t21-,22-,27-,28+/m0/s1. The van der Waals surface area contributed by atoms with E-state index in [0.717, 1.165) is 5.56 Å². The molecule has 38 heavy (non-hydrogen) atoms. The second kappa shape index (κ2) is 12.1. The van der Waals surface area contributed by atoms with E-state index in [0.29, 0.717) is 32.4 Å². The van der Waals surface area contributed by atoms with Crippen LogP contribution in [0, 0.1) is 5.92 Å². The highest BCUT2D eigenvalue weighted by Gasteiger charge is 2.50. The van der Waals surface area contributed by atoms with Crippen LogP contribution in [0.1, 0.15) is 59.4 Å². The predicted octanol–water partition coefficient (Wildman–Crippen LogP) is 1.12. The third kappa shape index (κ3) is 7.18. The molecule has 2 aliphatic heterocycles. The van der Waals surface area contributed by atoms with Crippen molar-refractivity contribution in [2.75, 3.05) is 19.7 Å². The van der Waals surface area contributed by atoms with Gasteiger partial charge in [-0.25, -0.2) is 0 Å². The van der Waals surface area contributed by atoms with Crippen LogP contribution in [0.15, 0.2) is 30.3 Å². The minimum absolute atomic E-state index is 0.148. The number of nitrogens with one attached hydrogen (secondary N) is 3. The molecule has 208 valence electrons. The van der Waals surface area contributed by atoms with Crippen molar-refractivity contribution in [3.05, 3.63) is 35.9 Å². The van der Waals surface area contributed by atoms with Crippen molar-refractivity contribution in [2.24, 2.45) is 5.92 Å². The van der Waals surface area contributed by atoms with Crippen LogP contribution in [0.2, 0.25) is 0 Å². The largest absolute Gasteiger partial charge is 0.361 e. The smallest absolute Gasteiger partial charge is 0.246 e. The molecule has 3 rings (SSSR count). The first-order valence-corrected chi connectivity index (χ1v) is 13.2. The first-order valence-electron chi connectivity index (χ1n) is 13.2. The Balaban J connectivity index is 1.80. The Bertz CT molecular complexity index is 1050. The molecule has 2 saturated heterocycles. The summed E-state index contributed by atoms with van der Waals surface area (Å²) in [4.78, 5) is 65.9. The van der Waals surface area contributed by atoms with Gasteiger partial charge < -0.3 is 25.6 Å². The number of hydrogen-bond acceptors (Lipinski definition) is 6. The Morgan fingerprint density at radius 1 is 1.03 bits per heavy atom. The van der Waals surface area contributed by atoms with Gasteiger partial charge in [-0.1, -0.05) is 44.2 Å². The number of epoxide rings is 1. The molecule has 4 amide bonds. The van der Waals surface area contributed by atoms with Crippen molar-refractivity contribution < 1.29 is 28.7 Å². The van der Waals surface area contributed by atoms with E-state index in [1.54, 1.807) is 13.8 Å². The summed E-state index contributed by atoms with van der Waals surface area (Å²) in [6.07, 6.45) is 1.70.